The maximum atomic E-state index is 12.4. The van der Waals surface area contributed by atoms with Crippen molar-refractivity contribution in [2.24, 2.45) is 0 Å². The molecule has 0 amide bonds. The van der Waals surface area contributed by atoms with Crippen molar-refractivity contribution < 1.29 is 16.8 Å². The molecule has 52 heavy (non-hydrogen) atoms. The summed E-state index contributed by atoms with van der Waals surface area (Å²) < 4.78 is 50.0. The van der Waals surface area contributed by atoms with Gasteiger partial charge in [0.15, 0.2) is 30.6 Å². The van der Waals surface area contributed by atoms with E-state index < -0.39 is 30.2 Å². The molecule has 0 saturated carbocycles. The van der Waals surface area contributed by atoms with Gasteiger partial charge in [0.1, 0.15) is 4.96 Å². The summed E-state index contributed by atoms with van der Waals surface area (Å²) in [6.45, 7) is 6.53. The van der Waals surface area contributed by atoms with Crippen molar-refractivity contribution in [2.45, 2.75) is 47.9 Å². The lowest BCUT2D eigenvalue weighted by atomic mass is 10.3. The second-order valence-electron chi connectivity index (χ2n) is 9.31. The number of nitrogens with zero attached hydrogens (tertiary/aromatic N) is 4. The largest absolute Gasteiger partial charge is 0.398 e. The van der Waals surface area contributed by atoms with E-state index in [-0.39, 0.29) is 36.4 Å². The highest BCUT2D eigenvalue weighted by Crippen LogP contribution is 2.30. The van der Waals surface area contributed by atoms with Crippen LogP contribution in [0, 0.1) is 0 Å². The number of hydrogen-bond acceptors (Lipinski definition) is 10. The topological polar surface area (TPSA) is 158 Å². The molecule has 0 saturated heterocycles. The highest BCUT2D eigenvalue weighted by molar-refractivity contribution is 14.3. The predicted molar refractivity (Wildman–Crippen MR) is 273 cm³/mol. The van der Waals surface area contributed by atoms with Crippen LogP contribution in [-0.4, -0.2) is 54.6 Å². The van der Waals surface area contributed by atoms with Crippen LogP contribution in [0.25, 0.3) is 0 Å². The second kappa shape index (κ2) is 30.0. The summed E-state index contributed by atoms with van der Waals surface area (Å²) in [6, 6.07) is 13.1. The van der Waals surface area contributed by atoms with E-state index in [2.05, 4.69) is 161 Å². The fourth-order valence-corrected chi connectivity index (χ4v) is 6.00. The number of alkyl halides is 6. The van der Waals surface area contributed by atoms with Gasteiger partial charge >= 0.3 is 0 Å². The molecule has 0 aliphatic rings. The molecule has 0 fully saturated rings. The van der Waals surface area contributed by atoms with Crippen LogP contribution in [0.5, 0.6) is 0 Å². The summed E-state index contributed by atoms with van der Waals surface area (Å²) >= 11 is 41.6. The number of hydrogen-bond donors (Lipinski definition) is 2. The Morgan fingerprint density at radius 2 is 1.08 bits per heavy atom. The number of halogens is 11. The third-order valence-electron chi connectivity index (χ3n) is 5.30. The van der Waals surface area contributed by atoms with E-state index in [9.17, 15) is 16.8 Å². The van der Waals surface area contributed by atoms with Gasteiger partial charge in [-0.05, 0) is 80.1 Å². The Morgan fingerprint density at radius 3 is 1.50 bits per heavy atom. The number of nitrogens with one attached hydrogen (secondary N) is 1. The minimum atomic E-state index is -3.43. The Hall–Kier alpha value is 1.93. The molecule has 0 aliphatic heterocycles. The van der Waals surface area contributed by atoms with Gasteiger partial charge in [-0.25, -0.2) is 31.8 Å². The summed E-state index contributed by atoms with van der Waals surface area (Å²) in [7, 11) is -6.67. The van der Waals surface area contributed by atoms with Crippen molar-refractivity contribution in [1.82, 2.24) is 19.9 Å². The molecule has 4 aromatic rings. The van der Waals surface area contributed by atoms with Crippen molar-refractivity contribution >= 4 is 230 Å². The zero-order valence-corrected chi connectivity index (χ0v) is 46.0. The molecule has 3 N–H and O–H groups in total. The number of nitrogen functional groups attached to an aromatic ring is 1. The fourth-order valence-electron chi connectivity index (χ4n) is 2.95. The maximum Gasteiger partial charge on any atom is 0.224 e. The average Bonchev–Trinajstić information content (AvgIpc) is 3.06. The first-order valence-corrected chi connectivity index (χ1v) is 27.7. The number of benzene rings is 2. The zero-order chi connectivity index (χ0) is 40.8. The quantitative estimate of drug-likeness (QED) is 0.0626. The molecule has 2 heterocycles. The standard InChI is InChI=1S/C13H13Cl2N3O2S.C9H13NO2S.C4HCl3N2.CHI3.CH2I2.CH3I/c1-8(2)21(19,20)11-6-4-3-5-10(11)17-12-9(14)7-16-13(15)18-12;1-7(2)13(11,12)9-6-4-3-5-8(9)10;5-2-1-8-4(7)9-3(2)6;2-1(3)4;2-1-3;1-2/h3-8H,1-2H3,(H,16,17,18);3-7H,10H2,1-2H3;1H;1H;1H2;1H3. The number of rotatable bonds is 6. The molecule has 0 aliphatic carbocycles. The third-order valence-corrected chi connectivity index (χ3v) is 11.0. The Morgan fingerprint density at radius 1 is 0.692 bits per heavy atom. The van der Waals surface area contributed by atoms with Crippen LogP contribution < -0.4 is 11.1 Å². The molecule has 0 bridgehead atoms. The monoisotopic (exact) mass is 1530 g/mol. The minimum Gasteiger partial charge on any atom is -0.398 e. The normalized spacial score (nSPS) is 10.5. The Kier molecular flexibility index (Phi) is 32.4. The molecule has 0 radical (unpaired) electrons. The van der Waals surface area contributed by atoms with Gasteiger partial charge in [0.2, 0.25) is 10.6 Å². The fraction of sp³-hybridized carbons (Fsp3) is 0.310. The predicted octanol–water partition coefficient (Wildman–Crippen LogP) is 13.0. The van der Waals surface area contributed by atoms with Crippen LogP contribution in [0.2, 0.25) is 25.8 Å². The summed E-state index contributed by atoms with van der Waals surface area (Å²) in [4.78, 5) is 17.2. The van der Waals surface area contributed by atoms with Crippen molar-refractivity contribution in [3.05, 3.63) is 86.7 Å². The molecule has 10 nitrogen and oxygen atoms in total. The molecule has 292 valence electrons. The van der Waals surface area contributed by atoms with Crippen molar-refractivity contribution in [2.75, 3.05) is 18.4 Å². The highest BCUT2D eigenvalue weighted by atomic mass is 127. The van der Waals surface area contributed by atoms with Gasteiger partial charge in [0.25, 0.3) is 0 Å². The lowest BCUT2D eigenvalue weighted by Gasteiger charge is -2.14. The molecule has 2 aromatic heterocycles. The van der Waals surface area contributed by atoms with Crippen LogP contribution >= 0.6 is 194 Å². The highest BCUT2D eigenvalue weighted by Gasteiger charge is 2.23. The first-order chi connectivity index (χ1) is 24.1. The van der Waals surface area contributed by atoms with E-state index in [4.69, 9.17) is 63.7 Å². The second-order valence-corrected chi connectivity index (χ2v) is 31.4. The molecule has 2 aromatic carbocycles. The Balaban J connectivity index is 0. The number of anilines is 3. The molecule has 23 heteroatoms. The Bertz CT molecular complexity index is 1870. The lowest BCUT2D eigenvalue weighted by Crippen LogP contribution is -2.15. The van der Waals surface area contributed by atoms with Gasteiger partial charge in [-0.3, -0.25) is 0 Å². The minimum absolute atomic E-state index is 0.0195. The third kappa shape index (κ3) is 22.2. The van der Waals surface area contributed by atoms with E-state index >= 15 is 0 Å². The van der Waals surface area contributed by atoms with Gasteiger partial charge in [-0.1, -0.05) is 195 Å². The number of sulfone groups is 2. The average molecular weight is 1530 g/mol. The van der Waals surface area contributed by atoms with Crippen LogP contribution in [0.4, 0.5) is 17.2 Å². The lowest BCUT2D eigenvalue weighted by molar-refractivity contribution is 0.586. The summed E-state index contributed by atoms with van der Waals surface area (Å²) in [5.41, 5.74) is 6.27. The van der Waals surface area contributed by atoms with E-state index in [1.165, 1.54) is 27.0 Å². The van der Waals surface area contributed by atoms with Crippen molar-refractivity contribution in [3.63, 3.8) is 0 Å². The van der Waals surface area contributed by atoms with Crippen LogP contribution in [0.3, 0.4) is 0 Å². The SMILES string of the molecule is CC(C)S(=O)(=O)c1ccccc1N.CC(C)S(=O)(=O)c1ccccc1Nc1nc(Cl)ncc1Cl.CI.Clc1ncc(Cl)c(Cl)n1.IC(I)I.ICI. The summed E-state index contributed by atoms with van der Waals surface area (Å²) in [6.07, 6.45) is 2.69. The number of nitrogens with two attached hydrogens (primary N) is 1. The summed E-state index contributed by atoms with van der Waals surface area (Å²) in [5, 5.41) is 2.78. The van der Waals surface area contributed by atoms with Crippen LogP contribution in [-0.2, 0) is 19.7 Å². The Labute approximate surface area is 413 Å². The number of aromatic nitrogens is 4. The molecule has 0 spiro atoms. The van der Waals surface area contributed by atoms with E-state index in [0.717, 1.165) is -0.0619 Å². The summed E-state index contributed by atoms with van der Waals surface area (Å²) in [5.74, 6) is 0.253. The molecule has 0 atom stereocenters. The molecular formula is C29H33Cl5I6N6O4S2. The molecular weight excluding hydrogens is 1500 g/mol. The van der Waals surface area contributed by atoms with E-state index in [1.54, 1.807) is 64.1 Å². The van der Waals surface area contributed by atoms with Gasteiger partial charge in [-0.2, -0.15) is 4.98 Å². The zero-order valence-electron chi connectivity index (χ0n) is 27.7. The number of para-hydroxylation sites is 2. The maximum absolute atomic E-state index is 12.4. The van der Waals surface area contributed by atoms with E-state index in [1.807, 2.05) is 4.93 Å². The molecule has 0 unspecified atom stereocenters. The van der Waals surface area contributed by atoms with Gasteiger partial charge in [0.05, 0.1) is 51.5 Å². The van der Waals surface area contributed by atoms with Gasteiger partial charge in [-0.15, -0.1) is 0 Å². The van der Waals surface area contributed by atoms with Crippen molar-refractivity contribution in [1.29, 1.82) is 0 Å². The van der Waals surface area contributed by atoms with Crippen LogP contribution in [0.15, 0.2) is 70.7 Å². The first kappa shape index (κ1) is 56.0. The smallest absolute Gasteiger partial charge is 0.224 e. The first-order valence-electron chi connectivity index (χ1n) is 13.7. The van der Waals surface area contributed by atoms with E-state index in [0.29, 0.717) is 16.4 Å². The van der Waals surface area contributed by atoms with Crippen molar-refractivity contribution in [3.8, 4) is 0 Å². The van der Waals surface area contributed by atoms with Gasteiger partial charge < -0.3 is 11.1 Å². The van der Waals surface area contributed by atoms with Crippen LogP contribution in [0.1, 0.15) is 27.7 Å². The van der Waals surface area contributed by atoms with Gasteiger partial charge in [0, 0.05) is 0 Å². The molecule has 4 rings (SSSR count).